The highest BCUT2D eigenvalue weighted by molar-refractivity contribution is 8.05. The molecular formula is C25H18ClN3O2S. The Kier molecular flexibility index (Phi) is 4.52. The van der Waals surface area contributed by atoms with E-state index in [0.717, 1.165) is 34.6 Å². The molecule has 5 nitrogen and oxygen atoms in total. The average Bonchev–Trinajstić information content (AvgIpc) is 3.39. The zero-order valence-electron chi connectivity index (χ0n) is 16.9. The fraction of sp³-hybridized carbons (Fsp3) is 0.120. The van der Waals surface area contributed by atoms with Gasteiger partial charge in [-0.05, 0) is 41.1 Å². The first-order valence-electron chi connectivity index (χ1n) is 10.3. The van der Waals surface area contributed by atoms with Crippen molar-refractivity contribution in [2.75, 3.05) is 0 Å². The van der Waals surface area contributed by atoms with Crippen molar-refractivity contribution in [3.63, 3.8) is 0 Å². The van der Waals surface area contributed by atoms with Gasteiger partial charge in [-0.3, -0.25) is 10.1 Å². The number of nitrogens with one attached hydrogen (secondary N) is 1. The Labute approximate surface area is 194 Å². The summed E-state index contributed by atoms with van der Waals surface area (Å²) < 4.78 is 6.42. The molecule has 6 rings (SSSR count). The predicted molar refractivity (Wildman–Crippen MR) is 127 cm³/mol. The van der Waals surface area contributed by atoms with Crippen LogP contribution in [-0.2, 0) is 4.79 Å². The Bertz CT molecular complexity index is 1290. The maximum atomic E-state index is 13.0. The molecular weight excluding hydrogens is 442 g/mol. The topological polar surface area (TPSA) is 53.9 Å². The number of hydrazone groups is 1. The highest BCUT2D eigenvalue weighted by atomic mass is 35.5. The second-order valence-electron chi connectivity index (χ2n) is 7.79. The van der Waals surface area contributed by atoms with Crippen molar-refractivity contribution in [3.8, 4) is 5.75 Å². The van der Waals surface area contributed by atoms with E-state index in [1.54, 1.807) is 6.08 Å². The third-order valence-corrected chi connectivity index (χ3v) is 7.30. The SMILES string of the molecule is O=C1NC2(Oc3ccccc3C3CC(c4ccccc4)=NN32)S/C1=C/c1ccccc1Cl. The van der Waals surface area contributed by atoms with E-state index in [0.29, 0.717) is 9.93 Å². The lowest BCUT2D eigenvalue weighted by Crippen LogP contribution is -2.58. The maximum absolute atomic E-state index is 13.0. The Morgan fingerprint density at radius 3 is 2.66 bits per heavy atom. The number of halogens is 1. The molecule has 3 aromatic carbocycles. The van der Waals surface area contributed by atoms with Gasteiger partial charge in [0.2, 0.25) is 0 Å². The Morgan fingerprint density at radius 2 is 1.81 bits per heavy atom. The van der Waals surface area contributed by atoms with Crippen LogP contribution in [0, 0.1) is 0 Å². The summed E-state index contributed by atoms with van der Waals surface area (Å²) in [5.74, 6) is 0.543. The van der Waals surface area contributed by atoms with Crippen LogP contribution in [0.3, 0.4) is 0 Å². The number of thioether (sulfide) groups is 1. The summed E-state index contributed by atoms with van der Waals surface area (Å²) in [7, 11) is 0. The third-order valence-electron chi connectivity index (χ3n) is 5.78. The zero-order chi connectivity index (χ0) is 21.7. The lowest BCUT2D eigenvalue weighted by Gasteiger charge is -2.43. The quantitative estimate of drug-likeness (QED) is 0.521. The number of hydrogen-bond donors (Lipinski definition) is 1. The van der Waals surface area contributed by atoms with Crippen LogP contribution in [0.2, 0.25) is 5.02 Å². The molecule has 3 aliphatic heterocycles. The number of amides is 1. The van der Waals surface area contributed by atoms with Gasteiger partial charge in [-0.2, -0.15) is 5.10 Å². The van der Waals surface area contributed by atoms with Crippen LogP contribution in [0.1, 0.15) is 29.2 Å². The minimum absolute atomic E-state index is 0.0392. The minimum atomic E-state index is -1.15. The van der Waals surface area contributed by atoms with Gasteiger partial charge in [0.05, 0.1) is 16.7 Å². The van der Waals surface area contributed by atoms with Crippen molar-refractivity contribution >= 4 is 41.1 Å². The molecule has 1 saturated heterocycles. The van der Waals surface area contributed by atoms with E-state index in [-0.39, 0.29) is 11.9 Å². The summed E-state index contributed by atoms with van der Waals surface area (Å²) in [5, 5.41) is 9.33. The van der Waals surface area contributed by atoms with E-state index in [2.05, 4.69) is 23.5 Å². The van der Waals surface area contributed by atoms with Crippen molar-refractivity contribution in [1.29, 1.82) is 0 Å². The molecule has 1 amide bonds. The fourth-order valence-electron chi connectivity index (χ4n) is 4.28. The van der Waals surface area contributed by atoms with Crippen LogP contribution in [0.25, 0.3) is 6.08 Å². The molecule has 158 valence electrons. The highest BCUT2D eigenvalue weighted by Gasteiger charge is 2.57. The van der Waals surface area contributed by atoms with Crippen LogP contribution in [-0.4, -0.2) is 21.8 Å². The molecule has 0 radical (unpaired) electrons. The van der Waals surface area contributed by atoms with Crippen LogP contribution < -0.4 is 10.1 Å². The summed E-state index contributed by atoms with van der Waals surface area (Å²) >= 11 is 7.64. The second-order valence-corrected chi connectivity index (χ2v) is 9.39. The third kappa shape index (κ3) is 3.10. The van der Waals surface area contributed by atoms with Crippen molar-refractivity contribution in [2.45, 2.75) is 17.6 Å². The van der Waals surface area contributed by atoms with Crippen LogP contribution in [0.4, 0.5) is 0 Å². The lowest BCUT2D eigenvalue weighted by molar-refractivity contribution is -0.127. The van der Waals surface area contributed by atoms with Crippen molar-refractivity contribution in [2.24, 2.45) is 5.10 Å². The molecule has 1 spiro atoms. The van der Waals surface area contributed by atoms with Crippen molar-refractivity contribution in [1.82, 2.24) is 10.3 Å². The molecule has 2 unspecified atom stereocenters. The van der Waals surface area contributed by atoms with Crippen molar-refractivity contribution < 1.29 is 9.53 Å². The van der Waals surface area contributed by atoms with Gasteiger partial charge in [0.15, 0.2) is 0 Å². The summed E-state index contributed by atoms with van der Waals surface area (Å²) in [6.45, 7) is 0. The molecule has 7 heteroatoms. The molecule has 32 heavy (non-hydrogen) atoms. The largest absolute Gasteiger partial charge is 0.439 e. The van der Waals surface area contributed by atoms with Gasteiger partial charge in [0, 0.05) is 17.0 Å². The van der Waals surface area contributed by atoms with Crippen LogP contribution in [0.15, 0.2) is 88.9 Å². The highest BCUT2D eigenvalue weighted by Crippen LogP contribution is 2.53. The molecule has 0 saturated carbocycles. The number of hydrogen-bond acceptors (Lipinski definition) is 5. The Morgan fingerprint density at radius 1 is 1.06 bits per heavy atom. The molecule has 0 aliphatic carbocycles. The van der Waals surface area contributed by atoms with E-state index >= 15 is 0 Å². The number of carbonyl (C=O) groups excluding carboxylic acids is 1. The maximum Gasteiger partial charge on any atom is 0.336 e. The van der Waals surface area contributed by atoms with Crippen LogP contribution >= 0.6 is 23.4 Å². The van der Waals surface area contributed by atoms with E-state index in [1.165, 1.54) is 11.8 Å². The molecule has 0 bridgehead atoms. The van der Waals surface area contributed by atoms with Gasteiger partial charge in [0.25, 0.3) is 5.91 Å². The summed E-state index contributed by atoms with van der Waals surface area (Å²) in [6.07, 6.45) is 2.53. The first-order chi connectivity index (χ1) is 15.6. The first-order valence-corrected chi connectivity index (χ1v) is 11.5. The second kappa shape index (κ2) is 7.43. The number of nitrogens with zero attached hydrogens (tertiary/aromatic N) is 2. The number of rotatable bonds is 2. The van der Waals surface area contributed by atoms with Gasteiger partial charge in [0.1, 0.15) is 5.75 Å². The molecule has 3 aromatic rings. The van der Waals surface area contributed by atoms with Gasteiger partial charge < -0.3 is 4.74 Å². The molecule has 1 N–H and O–H groups in total. The molecule has 1 fully saturated rings. The fourth-order valence-corrected chi connectivity index (χ4v) is 5.63. The summed E-state index contributed by atoms with van der Waals surface area (Å²) in [4.78, 5) is 13.5. The van der Waals surface area contributed by atoms with Crippen LogP contribution in [0.5, 0.6) is 5.75 Å². The van der Waals surface area contributed by atoms with E-state index in [1.807, 2.05) is 65.7 Å². The van der Waals surface area contributed by atoms with E-state index in [4.69, 9.17) is 21.4 Å². The van der Waals surface area contributed by atoms with Gasteiger partial charge in [-0.15, -0.1) is 0 Å². The minimum Gasteiger partial charge on any atom is -0.439 e. The van der Waals surface area contributed by atoms with E-state index in [9.17, 15) is 4.79 Å². The number of carbonyl (C=O) groups is 1. The molecule has 3 heterocycles. The molecule has 2 atom stereocenters. The normalized spacial score (nSPS) is 24.7. The monoisotopic (exact) mass is 459 g/mol. The van der Waals surface area contributed by atoms with E-state index < -0.39 is 5.18 Å². The number of ether oxygens (including phenoxy) is 1. The Balaban J connectivity index is 1.44. The van der Waals surface area contributed by atoms with Gasteiger partial charge in [-0.1, -0.05) is 78.3 Å². The number of para-hydroxylation sites is 1. The summed E-state index contributed by atoms with van der Waals surface area (Å²) in [6, 6.07) is 25.5. The molecule has 0 aromatic heterocycles. The Hall–Kier alpha value is -3.22. The lowest BCUT2D eigenvalue weighted by atomic mass is 9.97. The number of fused-ring (bicyclic) bond motifs is 4. The number of benzene rings is 3. The predicted octanol–water partition coefficient (Wildman–Crippen LogP) is 5.40. The summed E-state index contributed by atoms with van der Waals surface area (Å²) in [5.41, 5.74) is 3.88. The van der Waals surface area contributed by atoms with Gasteiger partial charge >= 0.3 is 5.18 Å². The smallest absolute Gasteiger partial charge is 0.336 e. The van der Waals surface area contributed by atoms with Gasteiger partial charge in [-0.25, -0.2) is 5.01 Å². The molecule has 3 aliphatic rings. The average molecular weight is 460 g/mol. The standard InChI is InChI=1S/C25H18ClN3O2S/c26-19-12-6-4-10-17(19)14-23-24(30)27-25(32-23)29-21(18-11-5-7-13-22(18)31-25)15-20(28-29)16-8-2-1-3-9-16/h1-14,21H,15H2,(H,27,30)/b23-14+. The zero-order valence-corrected chi connectivity index (χ0v) is 18.4. The first kappa shape index (κ1) is 19.5. The van der Waals surface area contributed by atoms with Crippen molar-refractivity contribution in [3.05, 3.63) is 105 Å².